The molecule has 12 heteroatoms. The molecule has 2 saturated carbocycles. The summed E-state index contributed by atoms with van der Waals surface area (Å²) in [5.41, 5.74) is -1.52. The van der Waals surface area contributed by atoms with Gasteiger partial charge < -0.3 is 35.1 Å². The minimum Gasteiger partial charge on any atom is -0.445 e. The van der Waals surface area contributed by atoms with Crippen LogP contribution in [-0.2, 0) is 20.8 Å². The molecule has 1 aromatic carbocycles. The predicted octanol–water partition coefficient (Wildman–Crippen LogP) is 5.25. The van der Waals surface area contributed by atoms with Crippen LogP contribution in [0.1, 0.15) is 72.8 Å². The van der Waals surface area contributed by atoms with Crippen LogP contribution >= 0.6 is 0 Å². The molecule has 2 heterocycles. The van der Waals surface area contributed by atoms with Crippen LogP contribution in [0, 0.1) is 11.8 Å². The number of carbonyl (C=O) groups is 3. The highest BCUT2D eigenvalue weighted by Gasteiger charge is 2.57. The highest BCUT2D eigenvalue weighted by Crippen LogP contribution is 2.44. The summed E-state index contributed by atoms with van der Waals surface area (Å²) < 4.78 is 44.0. The highest BCUT2D eigenvalue weighted by atomic mass is 19.1. The number of halogens is 2. The molecule has 2 saturated heterocycles. The van der Waals surface area contributed by atoms with Gasteiger partial charge in [-0.15, -0.1) is 0 Å². The van der Waals surface area contributed by atoms with E-state index < -0.39 is 58.8 Å². The van der Waals surface area contributed by atoms with Crippen molar-refractivity contribution < 1.29 is 37.4 Å². The standard InChI is InChI=1S/C20H27FN2O4.C12H21FN2O2/c1-19(2,3)27-17(24)22-20-10-9-16(21)15(20)11-23(13-20)18(25)26-12-14-7-5-4-6-8-14;1-11(2,3)17-10(16)15-12-5-4-9(13)8(12)6-14-7-12/h4-8,15-16H,9-13H2,1-3H3,(H,22,24);8-9,14H,4-7H2,1-3H3,(H,15,16)/t15-,16+,20+;8-,9+,12+/m00/s1. The fraction of sp³-hybridized carbons (Fsp3) is 0.719. The SMILES string of the molecule is CC(C)(C)OC(=O)N[C@@]12CC[C@@H](F)[C@@H]1CN(C(=O)OCc1ccccc1)C2.CC(C)(C)OC(=O)N[C@@]12CC[C@@H](F)[C@@H]1CNC2. The van der Waals surface area contributed by atoms with Crippen LogP contribution in [0.4, 0.5) is 23.2 Å². The van der Waals surface area contributed by atoms with E-state index in [9.17, 15) is 23.2 Å². The van der Waals surface area contributed by atoms with Crippen molar-refractivity contribution in [3.05, 3.63) is 35.9 Å². The maximum absolute atomic E-state index is 14.4. The van der Waals surface area contributed by atoms with Gasteiger partial charge in [-0.2, -0.15) is 0 Å². The number of likely N-dealkylation sites (tertiary alicyclic amines) is 1. The molecule has 4 aliphatic rings. The number of amides is 3. The first-order valence-electron chi connectivity index (χ1n) is 15.5. The van der Waals surface area contributed by atoms with Crippen molar-refractivity contribution in [3.63, 3.8) is 0 Å². The van der Waals surface area contributed by atoms with Gasteiger partial charge in [0, 0.05) is 38.0 Å². The Morgan fingerprint density at radius 1 is 0.886 bits per heavy atom. The summed E-state index contributed by atoms with van der Waals surface area (Å²) >= 11 is 0. The molecule has 246 valence electrons. The minimum absolute atomic E-state index is 0.116. The Balaban J connectivity index is 0.000000223. The second-order valence-electron chi connectivity index (χ2n) is 14.4. The highest BCUT2D eigenvalue weighted by molar-refractivity contribution is 5.71. The Morgan fingerprint density at radius 3 is 2.02 bits per heavy atom. The lowest BCUT2D eigenvalue weighted by Crippen LogP contribution is -2.54. The summed E-state index contributed by atoms with van der Waals surface area (Å²) in [5, 5.41) is 8.88. The summed E-state index contributed by atoms with van der Waals surface area (Å²) in [6.07, 6.45) is -1.35. The van der Waals surface area contributed by atoms with Gasteiger partial charge in [-0.1, -0.05) is 30.3 Å². The van der Waals surface area contributed by atoms with E-state index in [1.807, 2.05) is 51.1 Å². The molecule has 3 amide bonds. The summed E-state index contributed by atoms with van der Waals surface area (Å²) in [4.78, 5) is 38.0. The number of hydrogen-bond donors (Lipinski definition) is 3. The molecular weight excluding hydrogens is 574 g/mol. The number of nitrogens with zero attached hydrogens (tertiary/aromatic N) is 1. The van der Waals surface area contributed by atoms with Crippen LogP contribution in [0.2, 0.25) is 0 Å². The first-order chi connectivity index (χ1) is 20.5. The number of alkyl halides is 2. The Bertz CT molecular complexity index is 1180. The van der Waals surface area contributed by atoms with E-state index in [1.165, 1.54) is 4.90 Å². The molecule has 6 atom stereocenters. The third kappa shape index (κ3) is 8.31. The maximum atomic E-state index is 14.4. The number of benzene rings is 1. The summed E-state index contributed by atoms with van der Waals surface area (Å²) in [7, 11) is 0. The largest absolute Gasteiger partial charge is 0.445 e. The molecule has 0 aromatic heterocycles. The monoisotopic (exact) mass is 622 g/mol. The number of fused-ring (bicyclic) bond motifs is 2. The first-order valence-corrected chi connectivity index (χ1v) is 15.5. The van der Waals surface area contributed by atoms with E-state index in [1.54, 1.807) is 20.8 Å². The van der Waals surface area contributed by atoms with Crippen molar-refractivity contribution in [3.8, 4) is 0 Å². The lowest BCUT2D eigenvalue weighted by atomic mass is 9.90. The van der Waals surface area contributed by atoms with Gasteiger partial charge in [0.15, 0.2) is 0 Å². The molecular formula is C32H48F2N4O6. The van der Waals surface area contributed by atoms with Gasteiger partial charge in [0.25, 0.3) is 0 Å². The van der Waals surface area contributed by atoms with Gasteiger partial charge in [-0.25, -0.2) is 23.2 Å². The van der Waals surface area contributed by atoms with E-state index in [4.69, 9.17) is 14.2 Å². The van der Waals surface area contributed by atoms with Crippen molar-refractivity contribution in [2.75, 3.05) is 26.2 Å². The van der Waals surface area contributed by atoms with Gasteiger partial charge >= 0.3 is 18.3 Å². The zero-order chi connectivity index (χ0) is 32.3. The minimum atomic E-state index is -1.06. The van der Waals surface area contributed by atoms with Crippen LogP contribution in [-0.4, -0.2) is 84.0 Å². The molecule has 0 radical (unpaired) electrons. The summed E-state index contributed by atoms with van der Waals surface area (Å²) in [6.45, 7) is 12.7. The fourth-order valence-corrected chi connectivity index (χ4v) is 6.74. The van der Waals surface area contributed by atoms with E-state index in [2.05, 4.69) is 16.0 Å². The number of rotatable bonds is 4. The third-order valence-electron chi connectivity index (χ3n) is 8.68. The molecule has 3 N–H and O–H groups in total. The van der Waals surface area contributed by atoms with Crippen LogP contribution in [0.15, 0.2) is 30.3 Å². The summed E-state index contributed by atoms with van der Waals surface area (Å²) in [6, 6.07) is 9.37. The summed E-state index contributed by atoms with van der Waals surface area (Å²) in [5.74, 6) is -0.565. The van der Waals surface area contributed by atoms with Crippen LogP contribution in [0.5, 0.6) is 0 Å². The lowest BCUT2D eigenvalue weighted by Gasteiger charge is -2.31. The Labute approximate surface area is 258 Å². The Hall–Kier alpha value is -3.15. The predicted molar refractivity (Wildman–Crippen MR) is 161 cm³/mol. The molecule has 4 fully saturated rings. The normalized spacial score (nSPS) is 30.9. The third-order valence-corrected chi connectivity index (χ3v) is 8.68. The van der Waals surface area contributed by atoms with Gasteiger partial charge in [0.05, 0.1) is 11.1 Å². The topological polar surface area (TPSA) is 118 Å². The van der Waals surface area contributed by atoms with Gasteiger partial charge in [0.1, 0.15) is 30.2 Å². The van der Waals surface area contributed by atoms with Gasteiger partial charge in [-0.3, -0.25) is 0 Å². The molecule has 10 nitrogen and oxygen atoms in total. The van der Waals surface area contributed by atoms with Crippen LogP contribution < -0.4 is 16.0 Å². The average Bonchev–Trinajstić information content (AvgIpc) is 3.63. The van der Waals surface area contributed by atoms with E-state index in [0.29, 0.717) is 38.8 Å². The van der Waals surface area contributed by atoms with Crippen molar-refractivity contribution in [2.24, 2.45) is 11.8 Å². The van der Waals surface area contributed by atoms with E-state index in [0.717, 1.165) is 5.56 Å². The number of nitrogens with one attached hydrogen (secondary N) is 3. The molecule has 0 bridgehead atoms. The fourth-order valence-electron chi connectivity index (χ4n) is 6.74. The van der Waals surface area contributed by atoms with Crippen molar-refractivity contribution in [1.82, 2.24) is 20.9 Å². The number of alkyl carbamates (subject to hydrolysis) is 2. The average molecular weight is 623 g/mol. The number of ether oxygens (including phenoxy) is 3. The van der Waals surface area contributed by atoms with Crippen LogP contribution in [0.3, 0.4) is 0 Å². The lowest BCUT2D eigenvalue weighted by molar-refractivity contribution is 0.0425. The van der Waals surface area contributed by atoms with E-state index >= 15 is 0 Å². The smallest absolute Gasteiger partial charge is 0.410 e. The molecule has 5 rings (SSSR count). The van der Waals surface area contributed by atoms with Crippen molar-refractivity contribution >= 4 is 18.3 Å². The molecule has 0 unspecified atom stereocenters. The molecule has 0 spiro atoms. The molecule has 44 heavy (non-hydrogen) atoms. The van der Waals surface area contributed by atoms with Gasteiger partial charge in [-0.05, 0) is 72.8 Å². The zero-order valence-electron chi connectivity index (χ0n) is 26.7. The Kier molecular flexibility index (Phi) is 10.0. The Morgan fingerprint density at radius 2 is 1.43 bits per heavy atom. The molecule has 2 aliphatic carbocycles. The van der Waals surface area contributed by atoms with Crippen molar-refractivity contribution in [1.29, 1.82) is 0 Å². The molecule has 1 aromatic rings. The van der Waals surface area contributed by atoms with Crippen LogP contribution in [0.25, 0.3) is 0 Å². The molecule has 2 aliphatic heterocycles. The van der Waals surface area contributed by atoms with E-state index in [-0.39, 0.29) is 25.6 Å². The van der Waals surface area contributed by atoms with Gasteiger partial charge in [0.2, 0.25) is 0 Å². The first kappa shape index (κ1) is 33.7. The second-order valence-corrected chi connectivity index (χ2v) is 14.4. The maximum Gasteiger partial charge on any atom is 0.410 e. The quantitative estimate of drug-likeness (QED) is 0.393. The van der Waals surface area contributed by atoms with Crippen molar-refractivity contribution in [2.45, 2.75) is 108 Å². The number of hydrogen-bond acceptors (Lipinski definition) is 7. The second kappa shape index (κ2) is 13.1. The zero-order valence-corrected chi connectivity index (χ0v) is 26.7. The number of carbonyl (C=O) groups excluding carboxylic acids is 3.